The molecule has 28 heteroatoms. The van der Waals surface area contributed by atoms with Crippen LogP contribution in [0.15, 0.2) is 107 Å². The van der Waals surface area contributed by atoms with Crippen molar-refractivity contribution in [1.29, 1.82) is 0 Å². The number of nitrogens with zero attached hydrogens (tertiary/aromatic N) is 5. The summed E-state index contributed by atoms with van der Waals surface area (Å²) in [5, 5.41) is 35.5. The number of hydrogen-bond donors (Lipinski definition) is 11. The van der Waals surface area contributed by atoms with E-state index in [0.29, 0.717) is 29.7 Å². The molecule has 0 aliphatic carbocycles. The van der Waals surface area contributed by atoms with Crippen molar-refractivity contribution in [3.63, 3.8) is 0 Å². The Morgan fingerprint density at radius 2 is 1.35 bits per heavy atom. The number of H-pyrrole nitrogens is 1. The average molecular weight is 1270 g/mol. The molecule has 0 saturated carbocycles. The maximum Gasteiger partial charge on any atom is 0.442 e. The highest BCUT2D eigenvalue weighted by Gasteiger charge is 2.65. The molecule has 7 amide bonds. The number of nitrogens with one attached hydrogen (secondary N) is 8. The maximum absolute atomic E-state index is 14.9. The molecule has 3 aromatic carbocycles. The van der Waals surface area contributed by atoms with Crippen LogP contribution in [0.4, 0.5) is 13.2 Å². The van der Waals surface area contributed by atoms with E-state index in [9.17, 15) is 56.6 Å². The van der Waals surface area contributed by atoms with Crippen LogP contribution in [0.25, 0.3) is 0 Å². The van der Waals surface area contributed by atoms with Gasteiger partial charge in [-0.2, -0.15) is 13.2 Å². The average Bonchev–Trinajstić information content (AvgIpc) is 4.00. The molecule has 4 aromatic rings. The first-order chi connectivity index (χ1) is 39.5. The second kappa shape index (κ2) is 29.8. The predicted molar refractivity (Wildman–Crippen MR) is 305 cm³/mol. The molecule has 8 atom stereocenters. The molecule has 2 aliphatic rings. The van der Waals surface area contributed by atoms with E-state index in [0.717, 1.165) is 15.7 Å². The van der Waals surface area contributed by atoms with Gasteiger partial charge in [0.15, 0.2) is 5.96 Å². The number of rotatable bonds is 30. The van der Waals surface area contributed by atoms with Gasteiger partial charge in [0.25, 0.3) is 0 Å². The molecule has 83 heavy (non-hydrogen) atoms. The number of hydrogen-bond acceptors (Lipinski definition) is 13. The van der Waals surface area contributed by atoms with Crippen molar-refractivity contribution in [1.82, 2.24) is 52.1 Å². The van der Waals surface area contributed by atoms with E-state index < -0.39 is 107 Å². The standard InChI is InChI=1S/C55H69F3IN15O9/c1-4-31(2)45(50(80)69-41(27-37-28-63-30-65-37)51(81)74-23-9-13-43(74)49(79)70-42(52(82)83)26-32-10-6-5-7-11-32)71-48(78)40(25-34-16-20-36(59)21-17-34)68-47(77)39(24-33-14-18-35(19-15-33)54(72-73-54)55(56,57)58)67-46(76)38(66-44(75)29-62-3)12-8-22-64-53(60)61/h5-7,10-11,14-21,28,30-31,38-43,45,62H,4,8-9,12-13,22-27,29H2,1-3H3,(H,63,65)(H,66,75)(H,67,76)(H,68,77)(H,69,80)(H,70,79)(H,71,78)(H,82,83)(H4,60,61,64)/t31-,38-,39-,40-,41-,42-,43-,45-/m0/s1/i59-2. The Morgan fingerprint density at radius 1 is 0.771 bits per heavy atom. The fourth-order valence-corrected chi connectivity index (χ4v) is 9.76. The summed E-state index contributed by atoms with van der Waals surface area (Å²) in [6, 6.07) is 11.3. The van der Waals surface area contributed by atoms with E-state index >= 15 is 0 Å². The number of halogens is 4. The van der Waals surface area contributed by atoms with Gasteiger partial charge in [0.05, 0.1) is 12.9 Å². The van der Waals surface area contributed by atoms with Crippen molar-refractivity contribution in [2.45, 2.75) is 126 Å². The molecule has 0 radical (unpaired) electrons. The van der Waals surface area contributed by atoms with Crippen LogP contribution in [0, 0.1) is 9.49 Å². The highest BCUT2D eigenvalue weighted by Crippen LogP contribution is 2.52. The Hall–Kier alpha value is -8.02. The Kier molecular flexibility index (Phi) is 23.0. The fraction of sp³-hybridized carbons (Fsp3) is 0.455. The zero-order valence-corrected chi connectivity index (χ0v) is 48.0. The van der Waals surface area contributed by atoms with Crippen molar-refractivity contribution in [2.75, 3.05) is 26.7 Å². The smallest absolute Gasteiger partial charge is 0.442 e. The number of imidazole rings is 1. The summed E-state index contributed by atoms with van der Waals surface area (Å²) in [6.45, 7) is 3.48. The molecule has 1 aromatic heterocycles. The molecular formula is C55H69F3IN15O9. The van der Waals surface area contributed by atoms with Gasteiger partial charge in [-0.3, -0.25) is 38.6 Å². The largest absolute Gasteiger partial charge is 0.480 e. The van der Waals surface area contributed by atoms with Crippen molar-refractivity contribution < 1.29 is 56.6 Å². The van der Waals surface area contributed by atoms with Crippen LogP contribution in [0.2, 0.25) is 0 Å². The summed E-state index contributed by atoms with van der Waals surface area (Å²) >= 11 is 2.10. The Balaban J connectivity index is 1.27. The zero-order chi connectivity index (χ0) is 60.4. The SMILES string of the molecule is CC[C@H](C)[C@H](NC(=O)[C@H](Cc1ccc([125I])cc1)NC(=O)[C@H](Cc1ccc(C2(C(F)(F)F)N=N2)cc1)NC(=O)[C@H](CCCN=C(N)N)NC(=O)CNC)C(=O)N[C@@H](Cc1cnc[nH]1)C(=O)N1CCC[C@H]1C(=O)N[C@@H](Cc1ccccc1)C(=O)O. The van der Waals surface area contributed by atoms with Gasteiger partial charge in [0.1, 0.15) is 42.3 Å². The topological polar surface area (TPSA) is 362 Å². The van der Waals surface area contributed by atoms with Gasteiger partial charge in [-0.25, -0.2) is 9.78 Å². The Labute approximate surface area is 490 Å². The zero-order valence-electron chi connectivity index (χ0n) is 45.9. The van der Waals surface area contributed by atoms with E-state index in [4.69, 9.17) is 11.5 Å². The number of likely N-dealkylation sites (N-methyl/N-ethyl adjacent to an activating group) is 1. The van der Waals surface area contributed by atoms with Gasteiger partial charge < -0.3 is 63.7 Å². The highest BCUT2D eigenvalue weighted by molar-refractivity contribution is 14.1. The van der Waals surface area contributed by atoms with Crippen LogP contribution in [-0.2, 0) is 69.7 Å². The quantitative estimate of drug-likeness (QED) is 0.0154. The number of guanidine groups is 1. The van der Waals surface area contributed by atoms with Crippen LogP contribution >= 0.6 is 22.6 Å². The number of aliphatic imine (C=N–C) groups is 1. The van der Waals surface area contributed by atoms with Crippen LogP contribution in [0.3, 0.4) is 0 Å². The third-order valence-corrected chi connectivity index (χ3v) is 14.9. The first-order valence-corrected chi connectivity index (χ1v) is 28.0. The minimum atomic E-state index is -4.82. The molecule has 3 heterocycles. The second-order valence-electron chi connectivity index (χ2n) is 20.3. The number of carboxylic acid groups (broad SMARTS) is 1. The first kappa shape index (κ1) is 64.2. The number of aromatic nitrogens is 2. The number of likely N-dealkylation sites (tertiary alicyclic amines) is 1. The molecular weight excluding hydrogens is 1200 g/mol. The third kappa shape index (κ3) is 18.2. The van der Waals surface area contributed by atoms with Gasteiger partial charge in [-0.1, -0.05) is 87.0 Å². The van der Waals surface area contributed by atoms with Gasteiger partial charge >= 0.3 is 17.8 Å². The van der Waals surface area contributed by atoms with E-state index in [2.05, 4.69) is 85.0 Å². The third-order valence-electron chi connectivity index (χ3n) is 14.2. The lowest BCUT2D eigenvalue weighted by Crippen LogP contribution is -2.61. The molecule has 2 aliphatic heterocycles. The fourth-order valence-electron chi connectivity index (χ4n) is 9.40. The summed E-state index contributed by atoms with van der Waals surface area (Å²) in [7, 11) is 1.52. The summed E-state index contributed by atoms with van der Waals surface area (Å²) in [5.41, 5.74) is 9.90. The summed E-state index contributed by atoms with van der Waals surface area (Å²) in [6.07, 6.45) is -1.51. The summed E-state index contributed by atoms with van der Waals surface area (Å²) < 4.78 is 42.8. The molecule has 6 rings (SSSR count). The molecule has 0 spiro atoms. The van der Waals surface area contributed by atoms with Crippen LogP contribution < -0.4 is 48.7 Å². The predicted octanol–water partition coefficient (Wildman–Crippen LogP) is 1.77. The summed E-state index contributed by atoms with van der Waals surface area (Å²) in [4.78, 5) is 125. The number of benzene rings is 3. The van der Waals surface area contributed by atoms with Crippen molar-refractivity contribution in [2.24, 2.45) is 32.6 Å². The minimum Gasteiger partial charge on any atom is -0.480 e. The van der Waals surface area contributed by atoms with Gasteiger partial charge in [-0.15, -0.1) is 10.2 Å². The van der Waals surface area contributed by atoms with Crippen LogP contribution in [0.1, 0.15) is 73.9 Å². The normalized spacial score (nSPS) is 16.8. The number of amides is 7. The maximum atomic E-state index is 14.9. The molecule has 13 N–H and O–H groups in total. The number of carbonyl (C=O) groups is 8. The van der Waals surface area contributed by atoms with Crippen LogP contribution in [0.5, 0.6) is 0 Å². The van der Waals surface area contributed by atoms with E-state index in [-0.39, 0.29) is 81.7 Å². The molecule has 0 bridgehead atoms. The number of carbonyl (C=O) groups excluding carboxylic acids is 7. The lowest BCUT2D eigenvalue weighted by atomic mass is 9.96. The lowest BCUT2D eigenvalue weighted by molar-refractivity contribution is -0.166. The molecule has 1 fully saturated rings. The van der Waals surface area contributed by atoms with E-state index in [1.807, 2.05) is 0 Å². The monoisotopic (exact) mass is 1270 g/mol. The first-order valence-electron chi connectivity index (χ1n) is 26.9. The van der Waals surface area contributed by atoms with Crippen molar-refractivity contribution in [3.8, 4) is 0 Å². The Bertz CT molecular complexity index is 2940. The molecule has 24 nitrogen and oxygen atoms in total. The molecule has 446 valence electrons. The number of nitrogens with two attached hydrogens (primary N) is 2. The minimum absolute atomic E-state index is 0.00474. The van der Waals surface area contributed by atoms with E-state index in [1.54, 1.807) is 68.4 Å². The molecule has 1 saturated heterocycles. The molecule has 0 unspecified atom stereocenters. The van der Waals surface area contributed by atoms with E-state index in [1.165, 1.54) is 36.6 Å². The number of aliphatic carboxylic acids is 1. The second-order valence-corrected chi connectivity index (χ2v) is 21.6. The summed E-state index contributed by atoms with van der Waals surface area (Å²) in [5.74, 6) is -7.40. The number of aromatic amines is 1. The van der Waals surface area contributed by atoms with Crippen molar-refractivity contribution in [3.05, 3.63) is 123 Å². The number of alkyl halides is 3. The van der Waals surface area contributed by atoms with Crippen LogP contribution in [-0.4, -0.2) is 148 Å². The van der Waals surface area contributed by atoms with Crippen molar-refractivity contribution >= 4 is 75.9 Å². The lowest BCUT2D eigenvalue weighted by Gasteiger charge is -2.32. The Morgan fingerprint density at radius 3 is 1.90 bits per heavy atom. The van der Waals surface area contributed by atoms with Gasteiger partial charge in [0, 0.05) is 59.8 Å². The van der Waals surface area contributed by atoms with Gasteiger partial charge in [0.2, 0.25) is 41.4 Å². The van der Waals surface area contributed by atoms with Gasteiger partial charge in [-0.05, 0) is 90.1 Å². The number of carboxylic acids is 1. The highest BCUT2D eigenvalue weighted by atomic mass is 125.